The van der Waals surface area contributed by atoms with Gasteiger partial charge in [-0.3, -0.25) is 14.7 Å². The monoisotopic (exact) mass is 404 g/mol. The molecule has 2 aliphatic rings. The largest absolute Gasteiger partial charge is 0.478 e. The molecule has 6 heteroatoms. The van der Waals surface area contributed by atoms with Gasteiger partial charge < -0.3 is 9.47 Å². The number of carbonyl (C=O) groups excluding carboxylic acids is 1. The van der Waals surface area contributed by atoms with Crippen LogP contribution in [0.15, 0.2) is 66.7 Å². The van der Waals surface area contributed by atoms with Crippen LogP contribution in [0, 0.1) is 0 Å². The van der Waals surface area contributed by atoms with Crippen LogP contribution in [0.5, 0.6) is 11.5 Å². The Balaban J connectivity index is 1.44. The quantitative estimate of drug-likeness (QED) is 0.592. The summed E-state index contributed by atoms with van der Waals surface area (Å²) in [5, 5.41) is 0.610. The van der Waals surface area contributed by atoms with E-state index in [1.807, 2.05) is 36.5 Å². The highest BCUT2D eigenvalue weighted by atomic mass is 35.5. The molecule has 0 bridgehead atoms. The molecule has 0 N–H and O–H groups in total. The van der Waals surface area contributed by atoms with E-state index in [1.54, 1.807) is 30.5 Å². The van der Waals surface area contributed by atoms with Crippen molar-refractivity contribution in [3.63, 3.8) is 0 Å². The Hall–Kier alpha value is -3.15. The van der Waals surface area contributed by atoms with Crippen LogP contribution >= 0.6 is 11.6 Å². The van der Waals surface area contributed by atoms with Crippen LogP contribution in [-0.2, 0) is 13.1 Å². The molecule has 144 valence electrons. The van der Waals surface area contributed by atoms with Crippen molar-refractivity contribution in [1.29, 1.82) is 0 Å². The first-order valence-corrected chi connectivity index (χ1v) is 9.65. The smallest absolute Gasteiger partial charge is 0.231 e. The van der Waals surface area contributed by atoms with Gasteiger partial charge in [-0.1, -0.05) is 29.8 Å². The van der Waals surface area contributed by atoms with Crippen LogP contribution in [-0.4, -0.2) is 22.4 Å². The molecule has 1 aromatic heterocycles. The summed E-state index contributed by atoms with van der Waals surface area (Å²) in [5.41, 5.74) is 3.37. The van der Waals surface area contributed by atoms with Crippen molar-refractivity contribution < 1.29 is 14.3 Å². The summed E-state index contributed by atoms with van der Waals surface area (Å²) in [4.78, 5) is 19.2. The van der Waals surface area contributed by atoms with Crippen LogP contribution in [0.2, 0.25) is 5.02 Å². The SMILES string of the molecule is O=C1/C(=C/c2cccc(Cl)c2)Oc2c1ccc1c2CN(Cc2cccnc2)CO1. The lowest BCUT2D eigenvalue weighted by Crippen LogP contribution is -2.31. The molecule has 0 unspecified atom stereocenters. The van der Waals surface area contributed by atoms with Gasteiger partial charge in [0.05, 0.1) is 11.1 Å². The van der Waals surface area contributed by atoms with Gasteiger partial charge in [0.2, 0.25) is 5.78 Å². The number of ketones is 1. The van der Waals surface area contributed by atoms with Gasteiger partial charge in [-0.15, -0.1) is 0 Å². The Morgan fingerprint density at radius 1 is 1.17 bits per heavy atom. The highest BCUT2D eigenvalue weighted by molar-refractivity contribution is 6.30. The molecule has 2 aromatic carbocycles. The predicted molar refractivity (Wildman–Crippen MR) is 110 cm³/mol. The molecule has 29 heavy (non-hydrogen) atoms. The van der Waals surface area contributed by atoms with Crippen molar-refractivity contribution in [1.82, 2.24) is 9.88 Å². The maximum atomic E-state index is 12.9. The summed E-state index contributed by atoms with van der Waals surface area (Å²) >= 11 is 6.05. The Morgan fingerprint density at radius 2 is 2.10 bits per heavy atom. The molecule has 0 radical (unpaired) electrons. The number of rotatable bonds is 3. The van der Waals surface area contributed by atoms with Gasteiger partial charge in [-0.25, -0.2) is 0 Å². The van der Waals surface area contributed by atoms with Gasteiger partial charge in [0.1, 0.15) is 18.2 Å². The summed E-state index contributed by atoms with van der Waals surface area (Å²) < 4.78 is 11.9. The maximum Gasteiger partial charge on any atom is 0.231 e. The van der Waals surface area contributed by atoms with Gasteiger partial charge in [-0.2, -0.15) is 0 Å². The van der Waals surface area contributed by atoms with Gasteiger partial charge in [-0.05, 0) is 47.5 Å². The van der Waals surface area contributed by atoms with Crippen LogP contribution < -0.4 is 9.47 Å². The van der Waals surface area contributed by atoms with Crippen LogP contribution in [0.3, 0.4) is 0 Å². The molecule has 0 aliphatic carbocycles. The van der Waals surface area contributed by atoms with E-state index in [1.165, 1.54) is 0 Å². The standard InChI is InChI=1S/C23H17ClN2O3/c24-17-5-1-3-15(9-17)10-21-22(27)18-6-7-20-19(23(18)29-21)13-26(14-28-20)12-16-4-2-8-25-11-16/h1-11H,12-14H2/b21-10-. The molecule has 5 rings (SSSR count). The molecule has 2 aliphatic heterocycles. The number of allylic oxidation sites excluding steroid dienone is 1. The third-order valence-corrected chi connectivity index (χ3v) is 5.19. The Kier molecular flexibility index (Phi) is 4.54. The van der Waals surface area contributed by atoms with Crippen molar-refractivity contribution in [3.8, 4) is 11.5 Å². The van der Waals surface area contributed by atoms with E-state index in [0.29, 0.717) is 41.9 Å². The summed E-state index contributed by atoms with van der Waals surface area (Å²) in [7, 11) is 0. The number of fused-ring (bicyclic) bond motifs is 3. The summed E-state index contributed by atoms with van der Waals surface area (Å²) in [5.74, 6) is 1.49. The van der Waals surface area contributed by atoms with E-state index in [2.05, 4.69) is 9.88 Å². The molecule has 0 spiro atoms. The van der Waals surface area contributed by atoms with Crippen molar-refractivity contribution in [2.24, 2.45) is 0 Å². The lowest BCUT2D eigenvalue weighted by Gasteiger charge is -2.29. The molecule has 0 amide bonds. The zero-order chi connectivity index (χ0) is 19.8. The average Bonchev–Trinajstić information content (AvgIpc) is 3.05. The fourth-order valence-electron chi connectivity index (χ4n) is 3.60. The summed E-state index contributed by atoms with van der Waals surface area (Å²) in [6, 6.07) is 14.9. The van der Waals surface area contributed by atoms with Crippen molar-refractivity contribution in [2.45, 2.75) is 13.1 Å². The molecule has 5 nitrogen and oxygen atoms in total. The second-order valence-electron chi connectivity index (χ2n) is 7.04. The fraction of sp³-hybridized carbons (Fsp3) is 0.130. The zero-order valence-corrected chi connectivity index (χ0v) is 16.2. The average molecular weight is 405 g/mol. The van der Waals surface area contributed by atoms with Crippen molar-refractivity contribution in [3.05, 3.63) is 94.0 Å². The predicted octanol–water partition coefficient (Wildman–Crippen LogP) is 4.70. The molecule has 0 fully saturated rings. The number of aromatic nitrogens is 1. The van der Waals surface area contributed by atoms with E-state index >= 15 is 0 Å². The van der Waals surface area contributed by atoms with E-state index in [-0.39, 0.29) is 5.78 Å². The molecular weight excluding hydrogens is 388 g/mol. The molecule has 0 saturated heterocycles. The number of carbonyl (C=O) groups is 1. The first-order valence-electron chi connectivity index (χ1n) is 9.27. The third kappa shape index (κ3) is 3.50. The Labute approximate surface area is 173 Å². The molecule has 3 aromatic rings. The Bertz CT molecular complexity index is 1130. The lowest BCUT2D eigenvalue weighted by atomic mass is 10.0. The van der Waals surface area contributed by atoms with Gasteiger partial charge in [0.15, 0.2) is 5.76 Å². The van der Waals surface area contributed by atoms with Crippen LogP contribution in [0.1, 0.15) is 27.0 Å². The van der Waals surface area contributed by atoms with E-state index in [4.69, 9.17) is 21.1 Å². The number of Topliss-reactive ketones (excluding diaryl/α,β-unsaturated/α-hetero) is 1. The van der Waals surface area contributed by atoms with E-state index in [9.17, 15) is 4.79 Å². The topological polar surface area (TPSA) is 51.7 Å². The number of ether oxygens (including phenoxy) is 2. The lowest BCUT2D eigenvalue weighted by molar-refractivity contribution is 0.0872. The van der Waals surface area contributed by atoms with Crippen molar-refractivity contribution in [2.75, 3.05) is 6.73 Å². The number of pyridine rings is 1. The van der Waals surface area contributed by atoms with Gasteiger partial charge >= 0.3 is 0 Å². The normalized spacial score (nSPS) is 16.9. The molecule has 3 heterocycles. The summed E-state index contributed by atoms with van der Waals surface area (Å²) in [6.45, 7) is 1.81. The van der Waals surface area contributed by atoms with Crippen molar-refractivity contribution >= 4 is 23.5 Å². The number of halogens is 1. The maximum absolute atomic E-state index is 12.9. The summed E-state index contributed by atoms with van der Waals surface area (Å²) in [6.07, 6.45) is 5.32. The minimum Gasteiger partial charge on any atom is -0.478 e. The second-order valence-corrected chi connectivity index (χ2v) is 7.47. The van der Waals surface area contributed by atoms with Crippen LogP contribution in [0.25, 0.3) is 6.08 Å². The van der Waals surface area contributed by atoms with E-state index < -0.39 is 0 Å². The molecular formula is C23H17ClN2O3. The van der Waals surface area contributed by atoms with E-state index in [0.717, 1.165) is 22.4 Å². The first-order chi connectivity index (χ1) is 14.2. The number of hydrogen-bond acceptors (Lipinski definition) is 5. The van der Waals surface area contributed by atoms with Gasteiger partial charge in [0, 0.05) is 30.5 Å². The zero-order valence-electron chi connectivity index (χ0n) is 15.5. The Morgan fingerprint density at radius 3 is 2.93 bits per heavy atom. The van der Waals surface area contributed by atoms with Crippen LogP contribution in [0.4, 0.5) is 0 Å². The minimum absolute atomic E-state index is 0.132. The first kappa shape index (κ1) is 17.9. The fourth-order valence-corrected chi connectivity index (χ4v) is 3.80. The highest BCUT2D eigenvalue weighted by Crippen LogP contribution is 2.42. The molecule has 0 atom stereocenters. The minimum atomic E-state index is -0.132. The number of hydrogen-bond donors (Lipinski definition) is 0. The number of nitrogens with zero attached hydrogens (tertiary/aromatic N) is 2. The highest BCUT2D eigenvalue weighted by Gasteiger charge is 2.33. The third-order valence-electron chi connectivity index (χ3n) is 4.96. The van der Waals surface area contributed by atoms with Gasteiger partial charge in [0.25, 0.3) is 0 Å². The second kappa shape index (κ2) is 7.35. The number of benzene rings is 2. The molecule has 0 saturated carbocycles.